The predicted molar refractivity (Wildman–Crippen MR) is 172 cm³/mol. The number of hydrogen-bond donors (Lipinski definition) is 0. The maximum Gasteiger partial charge on any atom is 4.00 e. The molecule has 0 saturated carbocycles. The average molecular weight is 615 g/mol. The summed E-state index contributed by atoms with van der Waals surface area (Å²) < 4.78 is 0. The van der Waals surface area contributed by atoms with Gasteiger partial charge in [-0.15, -0.1) is 6.42 Å². The Labute approximate surface area is 261 Å². The van der Waals surface area contributed by atoms with Gasteiger partial charge in [-0.3, -0.25) is 6.08 Å². The molecule has 0 spiro atoms. The molecular formula is C32H61N3O3SiV. The van der Waals surface area contributed by atoms with E-state index in [1.54, 1.807) is 0 Å². The van der Waals surface area contributed by atoms with E-state index in [0.29, 0.717) is 19.3 Å². The van der Waals surface area contributed by atoms with Crippen LogP contribution in [0, 0.1) is 6.08 Å². The molecule has 6 nitrogen and oxygen atoms in total. The van der Waals surface area contributed by atoms with Gasteiger partial charge < -0.3 is 31.6 Å². The van der Waals surface area contributed by atoms with Crippen LogP contribution >= 0.6 is 0 Å². The van der Waals surface area contributed by atoms with E-state index < -0.39 is 25.8 Å². The Hall–Kier alpha value is -1.31. The van der Waals surface area contributed by atoms with Gasteiger partial charge in [-0.25, -0.2) is 11.3 Å². The molecule has 0 atom stereocenters. The topological polar surface area (TPSA) is 123 Å². The molecule has 0 aromatic rings. The summed E-state index contributed by atoms with van der Waals surface area (Å²) in [6.07, 6.45) is 27.3. The summed E-state index contributed by atoms with van der Waals surface area (Å²) in [5.41, 5.74) is 19.9. The van der Waals surface area contributed by atoms with Crippen molar-refractivity contribution in [1.82, 2.24) is 0 Å². The van der Waals surface area contributed by atoms with Gasteiger partial charge in [0.25, 0.3) is 0 Å². The molecule has 1 radical (unpaired) electrons. The first-order valence-corrected chi connectivity index (χ1v) is 18.9. The van der Waals surface area contributed by atoms with Gasteiger partial charge in [0.2, 0.25) is 0 Å². The van der Waals surface area contributed by atoms with Crippen molar-refractivity contribution in [2.24, 2.45) is 0 Å². The standard InChI is InChI=1S/3C8H17NO.C8H13Si.V/c3*1-2-3-4-5-6-7-8(9)10;1-9(2,3)8-6-4-5-7-8;/h3*2-7H2,1H3,(H2,9,10);4,6H,5H2,1-3H3;/q;;;-1;+4/p-3. The smallest absolute Gasteiger partial charge is 0.668 e. The van der Waals surface area contributed by atoms with E-state index >= 15 is 0 Å². The van der Waals surface area contributed by atoms with Crippen LogP contribution in [-0.4, -0.2) is 25.8 Å². The van der Waals surface area contributed by atoms with E-state index in [4.69, 9.17) is 17.2 Å². The second kappa shape index (κ2) is 33.9. The fraction of sp³-hybridized carbons (Fsp3) is 0.781. The molecule has 0 fully saturated rings. The molecule has 0 bridgehead atoms. The molecule has 231 valence electrons. The summed E-state index contributed by atoms with van der Waals surface area (Å²) in [5, 5.41) is 1.49. The minimum atomic E-state index is -1.01. The fourth-order valence-electron chi connectivity index (χ4n) is 3.59. The average Bonchev–Trinajstić information content (AvgIpc) is 3.40. The number of carbonyl (C=O) groups excluding carboxylic acids is 3. The van der Waals surface area contributed by atoms with Crippen LogP contribution in [0.25, 0.3) is 17.2 Å². The van der Waals surface area contributed by atoms with Crippen LogP contribution in [0.5, 0.6) is 0 Å². The molecule has 0 saturated heterocycles. The number of hydrogen-bond acceptors (Lipinski definition) is 3. The van der Waals surface area contributed by atoms with Gasteiger partial charge in [0.05, 0.1) is 0 Å². The Morgan fingerprint density at radius 1 is 0.625 bits per heavy atom. The van der Waals surface area contributed by atoms with Crippen molar-refractivity contribution in [3.8, 4) is 0 Å². The summed E-state index contributed by atoms with van der Waals surface area (Å²) in [7, 11) is -1.01. The van der Waals surface area contributed by atoms with Gasteiger partial charge >= 0.3 is 18.6 Å². The zero-order chi connectivity index (χ0) is 30.4. The Balaban J connectivity index is -0.000000214. The van der Waals surface area contributed by atoms with Crippen molar-refractivity contribution >= 4 is 25.8 Å². The zero-order valence-corrected chi connectivity index (χ0v) is 29.2. The SMILES string of the molecule is CCCCCCCC([NH-])=O.CCCCCCCC([NH-])=O.CCCCCCCC([NH-])=O.C[Si](C)(C)C1=[C-]CC=C1.[V+4]. The van der Waals surface area contributed by atoms with Crippen molar-refractivity contribution in [2.75, 3.05) is 0 Å². The monoisotopic (exact) mass is 614 g/mol. The molecule has 1 aliphatic rings. The third-order valence-corrected chi connectivity index (χ3v) is 7.98. The molecule has 3 N–H and O–H groups in total. The van der Waals surface area contributed by atoms with Crippen LogP contribution in [0.4, 0.5) is 0 Å². The molecular weight excluding hydrogens is 553 g/mol. The minimum absolute atomic E-state index is 0. The summed E-state index contributed by atoms with van der Waals surface area (Å²) in [4.78, 5) is 30.4. The summed E-state index contributed by atoms with van der Waals surface area (Å²) in [6, 6.07) is 0. The molecule has 1 aliphatic carbocycles. The first-order valence-electron chi connectivity index (χ1n) is 15.4. The fourth-order valence-corrected chi connectivity index (χ4v) is 4.84. The van der Waals surface area contributed by atoms with Crippen molar-refractivity contribution < 1.29 is 32.9 Å². The van der Waals surface area contributed by atoms with E-state index in [-0.39, 0.29) is 18.6 Å². The van der Waals surface area contributed by atoms with Crippen LogP contribution in [0.3, 0.4) is 0 Å². The van der Waals surface area contributed by atoms with E-state index in [1.165, 1.54) is 63.0 Å². The summed E-state index contributed by atoms with van der Waals surface area (Å²) in [5.74, 6) is -1.26. The molecule has 1 rings (SSSR count). The van der Waals surface area contributed by atoms with Gasteiger partial charge in [-0.05, 0) is 38.5 Å². The quantitative estimate of drug-likeness (QED) is 0.0816. The van der Waals surface area contributed by atoms with Gasteiger partial charge in [0, 0.05) is 25.8 Å². The molecule has 0 aromatic carbocycles. The van der Waals surface area contributed by atoms with Crippen LogP contribution in [0.2, 0.25) is 19.6 Å². The number of amides is 3. The molecule has 8 heteroatoms. The normalized spacial score (nSPS) is 11.4. The van der Waals surface area contributed by atoms with Gasteiger partial charge in [-0.2, -0.15) is 6.08 Å². The van der Waals surface area contributed by atoms with E-state index in [1.807, 2.05) is 0 Å². The number of nitrogens with one attached hydrogen (secondary N) is 3. The van der Waals surface area contributed by atoms with Crippen LogP contribution < -0.4 is 0 Å². The maximum atomic E-state index is 10.1. The van der Waals surface area contributed by atoms with Crippen molar-refractivity contribution in [3.05, 3.63) is 40.6 Å². The summed E-state index contributed by atoms with van der Waals surface area (Å²) >= 11 is 0. The Morgan fingerprint density at radius 3 is 1.10 bits per heavy atom. The maximum absolute atomic E-state index is 10.1. The van der Waals surface area contributed by atoms with Crippen molar-refractivity contribution in [1.29, 1.82) is 0 Å². The Bertz CT molecular complexity index is 605. The number of allylic oxidation sites excluding steroid dienone is 4. The second-order valence-corrected chi connectivity index (χ2v) is 16.2. The molecule has 0 unspecified atom stereocenters. The number of rotatable bonds is 19. The first kappa shape index (κ1) is 45.7. The van der Waals surface area contributed by atoms with Crippen LogP contribution in [0.1, 0.15) is 143 Å². The molecule has 0 aromatic heterocycles. The van der Waals surface area contributed by atoms with Gasteiger partial charge in [-0.1, -0.05) is 117 Å². The zero-order valence-electron chi connectivity index (χ0n) is 26.8. The van der Waals surface area contributed by atoms with Crippen LogP contribution in [0.15, 0.2) is 17.3 Å². The number of carbonyl (C=O) groups is 3. The molecule has 0 heterocycles. The largest absolute Gasteiger partial charge is 4.00 e. The third-order valence-electron chi connectivity index (χ3n) is 6.03. The Morgan fingerprint density at radius 2 is 0.925 bits per heavy atom. The predicted octanol–water partition coefficient (Wildman–Crippen LogP) is 11.3. The van der Waals surface area contributed by atoms with Gasteiger partial charge in [0.15, 0.2) is 0 Å². The van der Waals surface area contributed by atoms with Crippen LogP contribution in [-0.2, 0) is 32.9 Å². The summed E-state index contributed by atoms with van der Waals surface area (Å²) in [6.45, 7) is 13.5. The first-order chi connectivity index (χ1) is 18.4. The van der Waals surface area contributed by atoms with Crippen molar-refractivity contribution in [3.63, 3.8) is 0 Å². The third kappa shape index (κ3) is 43.7. The second-order valence-electron chi connectivity index (χ2n) is 11.2. The minimum Gasteiger partial charge on any atom is -0.668 e. The van der Waals surface area contributed by atoms with Gasteiger partial charge in [0.1, 0.15) is 0 Å². The number of unbranched alkanes of at least 4 members (excludes halogenated alkanes) is 12. The molecule has 0 aliphatic heterocycles. The van der Waals surface area contributed by atoms with E-state index in [2.05, 4.69) is 58.6 Å². The molecule has 40 heavy (non-hydrogen) atoms. The van der Waals surface area contributed by atoms with E-state index in [0.717, 1.165) is 44.9 Å². The van der Waals surface area contributed by atoms with Crippen molar-refractivity contribution in [2.45, 2.75) is 162 Å². The molecule has 3 amide bonds. The van der Waals surface area contributed by atoms with E-state index in [9.17, 15) is 14.4 Å². The Kier molecular flexibility index (Phi) is 38.7.